The fourth-order valence-electron chi connectivity index (χ4n) is 0.775. The van der Waals surface area contributed by atoms with Crippen molar-refractivity contribution in [2.45, 2.75) is 20.8 Å². The molecule has 0 bridgehead atoms. The summed E-state index contributed by atoms with van der Waals surface area (Å²) in [6.07, 6.45) is 3.62. The van der Waals surface area contributed by atoms with Gasteiger partial charge in [0.25, 0.3) is 0 Å². The van der Waals surface area contributed by atoms with Gasteiger partial charge in [-0.15, -0.1) is 6.58 Å². The normalized spacial score (nSPS) is 13.8. The lowest BCUT2D eigenvalue weighted by atomic mass is 10.1. The van der Waals surface area contributed by atoms with Crippen LogP contribution in [-0.4, -0.2) is 12.6 Å². The predicted octanol–water partition coefficient (Wildman–Crippen LogP) is 2.32. The maximum Gasteiger partial charge on any atom is 0.333 e. The summed E-state index contributed by atoms with van der Waals surface area (Å²) in [6.45, 7) is 9.56. The molecule has 0 aliphatic carbocycles. The number of allylic oxidation sites excluding steroid dienone is 2. The van der Waals surface area contributed by atoms with Gasteiger partial charge in [-0.05, 0) is 19.8 Å². The molecule has 0 heterocycles. The number of carbonyl (C=O) groups is 1. The van der Waals surface area contributed by atoms with E-state index in [-0.39, 0.29) is 11.9 Å². The lowest BCUT2D eigenvalue weighted by Crippen LogP contribution is -2.05. The molecule has 0 fully saturated rings. The van der Waals surface area contributed by atoms with Crippen molar-refractivity contribution in [3.8, 4) is 0 Å². The van der Waals surface area contributed by atoms with Crippen LogP contribution in [0.5, 0.6) is 0 Å². The number of carbonyl (C=O) groups excluding carboxylic acids is 1. The zero-order valence-corrected chi connectivity index (χ0v) is 7.96. The maximum atomic E-state index is 11.1. The summed E-state index contributed by atoms with van der Waals surface area (Å²) < 4.78 is 4.81. The largest absolute Gasteiger partial charge is 0.463 e. The Labute approximate surface area is 73.9 Å². The van der Waals surface area contributed by atoms with Gasteiger partial charge in [-0.2, -0.15) is 0 Å². The van der Waals surface area contributed by atoms with Crippen LogP contribution in [0.3, 0.4) is 0 Å². The highest BCUT2D eigenvalue weighted by atomic mass is 16.5. The molecule has 12 heavy (non-hydrogen) atoms. The van der Waals surface area contributed by atoms with E-state index in [1.165, 1.54) is 0 Å². The second-order valence-corrected chi connectivity index (χ2v) is 2.66. The van der Waals surface area contributed by atoms with Crippen LogP contribution < -0.4 is 0 Å². The molecule has 1 atom stereocenters. The van der Waals surface area contributed by atoms with Crippen molar-refractivity contribution in [2.24, 2.45) is 5.92 Å². The molecule has 0 aromatic carbocycles. The van der Waals surface area contributed by atoms with Gasteiger partial charge in [0.2, 0.25) is 0 Å². The molecule has 0 spiro atoms. The van der Waals surface area contributed by atoms with Crippen LogP contribution in [0.15, 0.2) is 24.3 Å². The molecule has 0 N–H and O–H groups in total. The Kier molecular flexibility index (Phi) is 5.09. The molecule has 2 heteroatoms. The fraction of sp³-hybridized carbons (Fsp3) is 0.500. The zero-order chi connectivity index (χ0) is 9.56. The molecule has 0 aliphatic rings. The van der Waals surface area contributed by atoms with Crippen molar-refractivity contribution >= 4 is 5.97 Å². The van der Waals surface area contributed by atoms with E-state index >= 15 is 0 Å². The molecule has 0 radical (unpaired) electrons. The van der Waals surface area contributed by atoms with E-state index in [2.05, 4.69) is 6.58 Å². The van der Waals surface area contributed by atoms with Crippen LogP contribution in [0.1, 0.15) is 20.8 Å². The molecule has 2 nitrogen and oxygen atoms in total. The van der Waals surface area contributed by atoms with E-state index in [0.29, 0.717) is 12.2 Å². The third-order valence-electron chi connectivity index (χ3n) is 1.48. The summed E-state index contributed by atoms with van der Waals surface area (Å²) in [5.74, 6) is -0.0272. The van der Waals surface area contributed by atoms with Gasteiger partial charge in [-0.3, -0.25) is 0 Å². The zero-order valence-electron chi connectivity index (χ0n) is 7.96. The van der Waals surface area contributed by atoms with Crippen LogP contribution in [0.4, 0.5) is 0 Å². The highest BCUT2D eigenvalue weighted by Gasteiger charge is 2.04. The highest BCUT2D eigenvalue weighted by Crippen LogP contribution is 2.04. The summed E-state index contributed by atoms with van der Waals surface area (Å²) in [7, 11) is 0. The Morgan fingerprint density at radius 2 is 2.25 bits per heavy atom. The fourth-order valence-corrected chi connectivity index (χ4v) is 0.775. The number of hydrogen-bond acceptors (Lipinski definition) is 2. The molecule has 0 aliphatic heterocycles. The average molecular weight is 168 g/mol. The van der Waals surface area contributed by atoms with Crippen LogP contribution in [0.25, 0.3) is 0 Å². The first-order chi connectivity index (χ1) is 5.61. The molecule has 68 valence electrons. The van der Waals surface area contributed by atoms with Crippen molar-refractivity contribution in [2.75, 3.05) is 6.61 Å². The molecule has 1 unspecified atom stereocenters. The Hall–Kier alpha value is -1.05. The number of ether oxygens (including phenoxy) is 1. The summed E-state index contributed by atoms with van der Waals surface area (Å²) in [5.41, 5.74) is 0.643. The molecular weight excluding hydrogens is 152 g/mol. The van der Waals surface area contributed by atoms with Crippen LogP contribution in [0.2, 0.25) is 0 Å². The molecule has 0 rings (SSSR count). The minimum absolute atomic E-state index is 0.217. The van der Waals surface area contributed by atoms with Crippen LogP contribution in [-0.2, 0) is 9.53 Å². The Morgan fingerprint density at radius 1 is 1.67 bits per heavy atom. The van der Waals surface area contributed by atoms with E-state index in [0.717, 1.165) is 0 Å². The third kappa shape index (κ3) is 3.96. The predicted molar refractivity (Wildman–Crippen MR) is 49.8 cm³/mol. The minimum atomic E-state index is -0.244. The van der Waals surface area contributed by atoms with E-state index in [1.54, 1.807) is 19.9 Å². The van der Waals surface area contributed by atoms with Crippen molar-refractivity contribution in [3.05, 3.63) is 24.3 Å². The lowest BCUT2D eigenvalue weighted by molar-refractivity contribution is -0.138. The molecule has 0 saturated carbocycles. The van der Waals surface area contributed by atoms with E-state index in [1.807, 2.05) is 13.0 Å². The summed E-state index contributed by atoms with van der Waals surface area (Å²) >= 11 is 0. The van der Waals surface area contributed by atoms with Gasteiger partial charge in [-0.1, -0.05) is 19.1 Å². The van der Waals surface area contributed by atoms with Gasteiger partial charge in [0, 0.05) is 5.57 Å². The van der Waals surface area contributed by atoms with Gasteiger partial charge >= 0.3 is 5.97 Å². The van der Waals surface area contributed by atoms with Crippen molar-refractivity contribution in [3.63, 3.8) is 0 Å². The lowest BCUT2D eigenvalue weighted by Gasteiger charge is -2.03. The van der Waals surface area contributed by atoms with Crippen molar-refractivity contribution in [1.82, 2.24) is 0 Å². The molecular formula is C10H16O2. The Balaban J connectivity index is 4.16. The smallest absolute Gasteiger partial charge is 0.333 e. The summed E-state index contributed by atoms with van der Waals surface area (Å²) in [5, 5.41) is 0. The first-order valence-corrected chi connectivity index (χ1v) is 4.09. The molecule has 0 aromatic heterocycles. The van der Waals surface area contributed by atoms with Gasteiger partial charge in [0.15, 0.2) is 0 Å². The molecule has 0 amide bonds. The first kappa shape index (κ1) is 11.0. The molecule has 0 aromatic rings. The maximum absolute atomic E-state index is 11.1. The van der Waals surface area contributed by atoms with Gasteiger partial charge < -0.3 is 4.74 Å². The van der Waals surface area contributed by atoms with Gasteiger partial charge in [-0.25, -0.2) is 4.79 Å². The SMILES string of the molecule is C=CC(C)/C=C(\C)C(=O)OCC. The third-order valence-corrected chi connectivity index (χ3v) is 1.48. The summed E-state index contributed by atoms with van der Waals surface area (Å²) in [4.78, 5) is 11.1. The standard InChI is InChI=1S/C10H16O2/c1-5-8(3)7-9(4)10(11)12-6-2/h5,7-8H,1,6H2,2-4H3/b9-7+. The highest BCUT2D eigenvalue weighted by molar-refractivity contribution is 5.87. The van der Waals surface area contributed by atoms with Gasteiger partial charge in [0.1, 0.15) is 0 Å². The topological polar surface area (TPSA) is 26.3 Å². The second kappa shape index (κ2) is 5.58. The molecule has 0 saturated heterocycles. The van der Waals surface area contributed by atoms with Crippen LogP contribution >= 0.6 is 0 Å². The number of esters is 1. The summed E-state index contributed by atoms with van der Waals surface area (Å²) in [6, 6.07) is 0. The average Bonchev–Trinajstić information content (AvgIpc) is 2.04. The van der Waals surface area contributed by atoms with Gasteiger partial charge in [0.05, 0.1) is 6.61 Å². The Morgan fingerprint density at radius 3 is 2.67 bits per heavy atom. The number of rotatable bonds is 4. The van der Waals surface area contributed by atoms with Crippen molar-refractivity contribution in [1.29, 1.82) is 0 Å². The van der Waals surface area contributed by atoms with E-state index in [9.17, 15) is 4.79 Å². The quantitative estimate of drug-likeness (QED) is 0.366. The number of hydrogen-bond donors (Lipinski definition) is 0. The van der Waals surface area contributed by atoms with E-state index < -0.39 is 0 Å². The van der Waals surface area contributed by atoms with Crippen molar-refractivity contribution < 1.29 is 9.53 Å². The second-order valence-electron chi connectivity index (χ2n) is 2.66. The Bertz CT molecular complexity index is 192. The van der Waals surface area contributed by atoms with E-state index in [4.69, 9.17) is 4.74 Å². The first-order valence-electron chi connectivity index (χ1n) is 4.09. The van der Waals surface area contributed by atoms with Crippen LogP contribution in [0, 0.1) is 5.92 Å². The monoisotopic (exact) mass is 168 g/mol. The minimum Gasteiger partial charge on any atom is -0.463 e.